The van der Waals surface area contributed by atoms with Gasteiger partial charge in [-0.25, -0.2) is 0 Å². The van der Waals surface area contributed by atoms with Crippen LogP contribution in [0.4, 0.5) is 0 Å². The molecule has 0 heterocycles. The van der Waals surface area contributed by atoms with Gasteiger partial charge in [0.2, 0.25) is 0 Å². The van der Waals surface area contributed by atoms with Crippen LogP contribution in [0.5, 0.6) is 0 Å². The fraction of sp³-hybridized carbons (Fsp3) is 0. The first-order valence-electron chi connectivity index (χ1n) is 0.144. The Kier molecular flexibility index (Phi) is 63.3. The van der Waals surface area contributed by atoms with Crippen molar-refractivity contribution in [3.05, 3.63) is 0 Å². The van der Waals surface area contributed by atoms with Gasteiger partial charge >= 0.3 is 114 Å². The molecule has 0 saturated heterocycles. The van der Waals surface area contributed by atoms with Crippen molar-refractivity contribution in [2.75, 3.05) is 0 Å². The quantitative estimate of drug-likeness (QED) is 0.555. The normalized spacial score (nSPS) is 1.25. The minimum atomic E-state index is 0. The van der Waals surface area contributed by atoms with Crippen molar-refractivity contribution < 1.29 is 25.5 Å². The summed E-state index contributed by atoms with van der Waals surface area (Å²) in [6.45, 7) is 0. The van der Waals surface area contributed by atoms with Crippen molar-refractivity contribution >= 4 is 94.4 Å². The molecule has 0 aromatic rings. The van der Waals surface area contributed by atoms with Crippen molar-refractivity contribution in [1.82, 2.24) is 0 Å². The Labute approximate surface area is 117 Å². The molecule has 0 unspecified atom stereocenters. The van der Waals surface area contributed by atoms with Crippen molar-refractivity contribution in [2.45, 2.75) is 0 Å². The Balaban J connectivity index is -0.000000000333. The van der Waals surface area contributed by atoms with Gasteiger partial charge in [-0.05, 0) is 0 Å². The van der Waals surface area contributed by atoms with Gasteiger partial charge in [0.25, 0.3) is 0 Å². The van der Waals surface area contributed by atoms with Crippen molar-refractivity contribution in [3.8, 4) is 0 Å². The van der Waals surface area contributed by atoms with Crippen LogP contribution in [0.25, 0.3) is 0 Å². The Morgan fingerprint density at radius 2 is 1.50 bits per heavy atom. The van der Waals surface area contributed by atoms with Crippen molar-refractivity contribution in [1.29, 1.82) is 0 Å². The second-order valence-electron chi connectivity index (χ2n) is 0. The molecule has 4 heavy (non-hydrogen) atoms. The average Bonchev–Trinajstić information content (AvgIpc) is 1.00. The van der Waals surface area contributed by atoms with E-state index < -0.39 is 0 Å². The van der Waals surface area contributed by atoms with Gasteiger partial charge < -0.3 is 5.71 Å². The molecule has 0 spiro atoms. The first-order valence-corrected chi connectivity index (χ1v) is 0.595. The van der Waals surface area contributed by atoms with Crippen LogP contribution in [0.15, 0.2) is 0 Å². The van der Waals surface area contributed by atoms with E-state index in [1.54, 1.807) is 0 Å². The summed E-state index contributed by atoms with van der Waals surface area (Å²) in [4.78, 5) is 0. The van der Waals surface area contributed by atoms with E-state index in [0.717, 1.165) is 0 Å². The van der Waals surface area contributed by atoms with Crippen LogP contribution in [0.3, 0.4) is 0 Å². The van der Waals surface area contributed by atoms with E-state index in [2.05, 4.69) is 0 Å². The SMILES string of the molecule is [Ba+2].[H-].[H-].[H-].[H-].[O]=[Fe].[Sr+2]. The largest absolute Gasteiger partial charge is 2.00 e. The molecule has 0 fully saturated rings. The number of rotatable bonds is 0. The molecule has 0 radical (unpaired) electrons. The third-order valence-corrected chi connectivity index (χ3v) is 0. The van der Waals surface area contributed by atoms with E-state index in [9.17, 15) is 0 Å². The Hall–Kier alpha value is 3.37. The fourth-order valence-electron chi connectivity index (χ4n) is 0. The molecule has 0 aliphatic carbocycles. The Morgan fingerprint density at radius 3 is 1.50 bits per heavy atom. The minimum Gasteiger partial charge on any atom is 2.00 e. The molecule has 0 amide bonds. The van der Waals surface area contributed by atoms with E-state index in [-0.39, 0.29) is 100 Å². The second-order valence-corrected chi connectivity index (χ2v) is 0. The average molecular weight is 301 g/mol. The van der Waals surface area contributed by atoms with Gasteiger partial charge in [0, 0.05) is 0 Å². The van der Waals surface area contributed by atoms with E-state index in [4.69, 9.17) is 3.83 Å². The summed E-state index contributed by atoms with van der Waals surface area (Å²) in [5, 5.41) is 0. The molecule has 0 aromatic carbocycles. The summed E-state index contributed by atoms with van der Waals surface area (Å²) in [7, 11) is 0. The molecule has 22 valence electrons. The minimum absolute atomic E-state index is 0. The molecule has 0 aliphatic heterocycles. The summed E-state index contributed by atoms with van der Waals surface area (Å²) >= 11 is 2.00. The van der Waals surface area contributed by atoms with Crippen LogP contribution in [0.2, 0.25) is 0 Å². The predicted molar refractivity (Wildman–Crippen MR) is 16.6 cm³/mol. The standard InChI is InChI=1S/Ba.Fe.O.Sr.4H/q+2;;;+2;4*-1. The maximum absolute atomic E-state index is 8.00. The second kappa shape index (κ2) is 16.2. The summed E-state index contributed by atoms with van der Waals surface area (Å²) in [5.41, 5.74) is 0. The van der Waals surface area contributed by atoms with Gasteiger partial charge in [-0.3, -0.25) is 0 Å². The van der Waals surface area contributed by atoms with Crippen molar-refractivity contribution in [3.63, 3.8) is 0 Å². The first-order chi connectivity index (χ1) is 1.00. The summed E-state index contributed by atoms with van der Waals surface area (Å²) in [5.74, 6) is 0. The molecule has 0 aromatic heterocycles. The molecule has 0 saturated carbocycles. The van der Waals surface area contributed by atoms with Crippen molar-refractivity contribution in [2.24, 2.45) is 0 Å². The van der Waals surface area contributed by atoms with Gasteiger partial charge in [0.1, 0.15) is 0 Å². The fourth-order valence-corrected chi connectivity index (χ4v) is 0. The zero-order valence-corrected chi connectivity index (χ0v) is 11.2. The third-order valence-electron chi connectivity index (χ3n) is 0. The maximum atomic E-state index is 8.00. The van der Waals surface area contributed by atoms with Crippen LogP contribution in [-0.2, 0) is 19.8 Å². The molecule has 0 bridgehead atoms. The monoisotopic (exact) mass is 302 g/mol. The zero-order chi connectivity index (χ0) is 2.00. The summed E-state index contributed by atoms with van der Waals surface area (Å²) in [6.07, 6.45) is 0. The van der Waals surface area contributed by atoms with Crippen LogP contribution in [0, 0.1) is 0 Å². The number of hydrogen-bond donors (Lipinski definition) is 0. The van der Waals surface area contributed by atoms with Gasteiger partial charge in [-0.1, -0.05) is 0 Å². The first kappa shape index (κ1) is 15.7. The molecule has 4 heteroatoms. The Morgan fingerprint density at radius 1 is 1.50 bits per heavy atom. The molecule has 0 atom stereocenters. The molecular formula is H4BaFeOSr. The van der Waals surface area contributed by atoms with Gasteiger partial charge in [-0.2, -0.15) is 0 Å². The number of hydrogen-bond acceptors (Lipinski definition) is 1. The van der Waals surface area contributed by atoms with Gasteiger partial charge in [0.15, 0.2) is 0 Å². The topological polar surface area (TPSA) is 17.1 Å². The van der Waals surface area contributed by atoms with Crippen LogP contribution in [-0.4, -0.2) is 94.4 Å². The van der Waals surface area contributed by atoms with Crippen LogP contribution in [0.1, 0.15) is 5.71 Å². The van der Waals surface area contributed by atoms with Gasteiger partial charge in [-0.15, -0.1) is 0 Å². The third kappa shape index (κ3) is 9.03. The molecular weight excluding hydrogens is 297 g/mol. The Bertz CT molecular complexity index is 16.0. The zero-order valence-electron chi connectivity index (χ0n) is 6.18. The van der Waals surface area contributed by atoms with E-state index >= 15 is 0 Å². The molecule has 0 N–H and O–H groups in total. The van der Waals surface area contributed by atoms with E-state index in [0.29, 0.717) is 0 Å². The molecule has 1 nitrogen and oxygen atoms in total. The van der Waals surface area contributed by atoms with Crippen LogP contribution >= 0.6 is 0 Å². The van der Waals surface area contributed by atoms with Crippen LogP contribution < -0.4 is 0 Å². The summed E-state index contributed by atoms with van der Waals surface area (Å²) < 4.78 is 8.00. The summed E-state index contributed by atoms with van der Waals surface area (Å²) in [6, 6.07) is 0. The predicted octanol–water partition coefficient (Wildman–Crippen LogP) is -0.433. The molecule has 0 rings (SSSR count). The van der Waals surface area contributed by atoms with Gasteiger partial charge in [0.05, 0.1) is 0 Å². The maximum Gasteiger partial charge on any atom is 2.00 e. The van der Waals surface area contributed by atoms with E-state index in [1.807, 2.05) is 15.9 Å². The van der Waals surface area contributed by atoms with E-state index in [1.165, 1.54) is 0 Å². The molecule has 0 aliphatic rings. The smallest absolute Gasteiger partial charge is 2.00 e.